The highest BCUT2D eigenvalue weighted by Gasteiger charge is 2.15. The van der Waals surface area contributed by atoms with Crippen molar-refractivity contribution >= 4 is 23.1 Å². The molecule has 0 saturated heterocycles. The van der Waals surface area contributed by atoms with Gasteiger partial charge in [0, 0.05) is 28.9 Å². The van der Waals surface area contributed by atoms with Gasteiger partial charge in [-0.3, -0.25) is 4.98 Å². The lowest BCUT2D eigenvalue weighted by Gasteiger charge is -2.20. The summed E-state index contributed by atoms with van der Waals surface area (Å²) in [5.41, 5.74) is 1.77. The van der Waals surface area contributed by atoms with E-state index in [1.807, 2.05) is 24.3 Å². The van der Waals surface area contributed by atoms with E-state index in [2.05, 4.69) is 50.9 Å². The highest BCUT2D eigenvalue weighted by atomic mass is 32.1. The Morgan fingerprint density at radius 1 is 1.15 bits per heavy atom. The van der Waals surface area contributed by atoms with Crippen LogP contribution in [0.25, 0.3) is 11.3 Å². The number of hydrogen-bond acceptors (Lipinski definition) is 7. The topological polar surface area (TPSA) is 83.0 Å². The van der Waals surface area contributed by atoms with Crippen LogP contribution >= 0.6 is 11.3 Å². The van der Waals surface area contributed by atoms with E-state index < -0.39 is 0 Å². The highest BCUT2D eigenvalue weighted by Crippen LogP contribution is 2.22. The summed E-state index contributed by atoms with van der Waals surface area (Å²) in [6, 6.07) is 9.78. The van der Waals surface area contributed by atoms with Gasteiger partial charge in [-0.15, -0.1) is 11.3 Å². The SMILES string of the molecule is CC(C)[C@@H](CO)Nc1nc(NCc2cccs2)cc(-c2ccncc2)n1. The minimum Gasteiger partial charge on any atom is -0.394 e. The Kier molecular flexibility index (Phi) is 6.14. The lowest BCUT2D eigenvalue weighted by atomic mass is 10.1. The van der Waals surface area contributed by atoms with E-state index in [0.29, 0.717) is 12.5 Å². The molecule has 0 unspecified atom stereocenters. The zero-order valence-corrected chi connectivity index (χ0v) is 15.7. The van der Waals surface area contributed by atoms with Crippen molar-refractivity contribution in [3.8, 4) is 11.3 Å². The van der Waals surface area contributed by atoms with Crippen LogP contribution in [0.2, 0.25) is 0 Å². The molecule has 0 aliphatic heterocycles. The van der Waals surface area contributed by atoms with Gasteiger partial charge in [0.05, 0.1) is 24.9 Å². The molecule has 3 heterocycles. The van der Waals surface area contributed by atoms with Crippen LogP contribution in [0.3, 0.4) is 0 Å². The van der Waals surface area contributed by atoms with E-state index >= 15 is 0 Å². The number of pyridine rings is 1. The summed E-state index contributed by atoms with van der Waals surface area (Å²) in [5, 5.41) is 18.3. The average molecular weight is 369 g/mol. The average Bonchev–Trinajstić information content (AvgIpc) is 3.18. The maximum atomic E-state index is 9.60. The number of aliphatic hydroxyl groups is 1. The van der Waals surface area contributed by atoms with Crippen LogP contribution in [0.4, 0.5) is 11.8 Å². The predicted octanol–water partition coefficient (Wildman–Crippen LogP) is 3.64. The molecule has 136 valence electrons. The predicted molar refractivity (Wildman–Crippen MR) is 106 cm³/mol. The Bertz CT molecular complexity index is 808. The molecular formula is C19H23N5OS. The van der Waals surface area contributed by atoms with Crippen molar-refractivity contribution < 1.29 is 5.11 Å². The van der Waals surface area contributed by atoms with Gasteiger partial charge < -0.3 is 15.7 Å². The summed E-state index contributed by atoms with van der Waals surface area (Å²) in [6.45, 7) is 4.84. The van der Waals surface area contributed by atoms with Crippen molar-refractivity contribution in [1.82, 2.24) is 15.0 Å². The number of hydrogen-bond donors (Lipinski definition) is 3. The summed E-state index contributed by atoms with van der Waals surface area (Å²) in [6.07, 6.45) is 3.49. The van der Waals surface area contributed by atoms with E-state index in [1.54, 1.807) is 23.7 Å². The Morgan fingerprint density at radius 3 is 2.62 bits per heavy atom. The summed E-state index contributed by atoms with van der Waals surface area (Å²) >= 11 is 1.70. The number of rotatable bonds is 8. The smallest absolute Gasteiger partial charge is 0.225 e. The van der Waals surface area contributed by atoms with Crippen LogP contribution < -0.4 is 10.6 Å². The zero-order valence-electron chi connectivity index (χ0n) is 14.9. The molecule has 0 fully saturated rings. The van der Waals surface area contributed by atoms with Gasteiger partial charge in [-0.25, -0.2) is 4.98 Å². The first-order chi connectivity index (χ1) is 12.7. The third kappa shape index (κ3) is 4.77. The van der Waals surface area contributed by atoms with Gasteiger partial charge in [-0.05, 0) is 29.5 Å². The minimum atomic E-state index is -0.104. The van der Waals surface area contributed by atoms with Crippen LogP contribution in [0.5, 0.6) is 0 Å². The molecule has 3 rings (SSSR count). The summed E-state index contributed by atoms with van der Waals surface area (Å²) in [7, 11) is 0. The van der Waals surface area contributed by atoms with E-state index in [1.165, 1.54) is 4.88 Å². The zero-order chi connectivity index (χ0) is 18.4. The van der Waals surface area contributed by atoms with Crippen molar-refractivity contribution in [2.75, 3.05) is 17.2 Å². The van der Waals surface area contributed by atoms with Gasteiger partial charge >= 0.3 is 0 Å². The second kappa shape index (κ2) is 8.73. The molecular weight excluding hydrogens is 346 g/mol. The molecule has 7 heteroatoms. The summed E-state index contributed by atoms with van der Waals surface area (Å²) in [4.78, 5) is 14.5. The molecule has 1 atom stereocenters. The second-order valence-corrected chi connectivity index (χ2v) is 7.34. The van der Waals surface area contributed by atoms with Crippen LogP contribution in [0.15, 0.2) is 48.1 Å². The number of anilines is 2. The van der Waals surface area contributed by atoms with Crippen molar-refractivity contribution in [2.45, 2.75) is 26.4 Å². The fraction of sp³-hybridized carbons (Fsp3) is 0.316. The largest absolute Gasteiger partial charge is 0.394 e. The third-order valence-electron chi connectivity index (χ3n) is 4.04. The number of thiophene rings is 1. The molecule has 0 amide bonds. The van der Waals surface area contributed by atoms with E-state index in [-0.39, 0.29) is 18.6 Å². The first-order valence-electron chi connectivity index (χ1n) is 8.59. The Hall–Kier alpha value is -2.51. The maximum absolute atomic E-state index is 9.60. The van der Waals surface area contributed by atoms with Gasteiger partial charge in [0.1, 0.15) is 5.82 Å². The fourth-order valence-corrected chi connectivity index (χ4v) is 3.10. The number of nitrogens with zero attached hydrogens (tertiary/aromatic N) is 3. The molecule has 26 heavy (non-hydrogen) atoms. The van der Waals surface area contributed by atoms with Crippen molar-refractivity contribution in [1.29, 1.82) is 0 Å². The Balaban J connectivity index is 1.88. The Labute approximate surface area is 157 Å². The third-order valence-corrected chi connectivity index (χ3v) is 4.92. The molecule has 6 nitrogen and oxygen atoms in total. The second-order valence-electron chi connectivity index (χ2n) is 6.31. The van der Waals surface area contributed by atoms with E-state index in [4.69, 9.17) is 0 Å². The Morgan fingerprint density at radius 2 is 1.96 bits per heavy atom. The van der Waals surface area contributed by atoms with Gasteiger partial charge in [-0.1, -0.05) is 19.9 Å². The molecule has 3 aromatic heterocycles. The number of nitrogens with one attached hydrogen (secondary N) is 2. The van der Waals surface area contributed by atoms with Crippen molar-refractivity contribution in [3.05, 3.63) is 53.0 Å². The summed E-state index contributed by atoms with van der Waals surface area (Å²) < 4.78 is 0. The number of aliphatic hydroxyl groups excluding tert-OH is 1. The lowest BCUT2D eigenvalue weighted by Crippen LogP contribution is -2.30. The normalized spacial score (nSPS) is 12.2. The molecule has 0 aromatic carbocycles. The molecule has 0 aliphatic carbocycles. The maximum Gasteiger partial charge on any atom is 0.225 e. The van der Waals surface area contributed by atoms with E-state index in [0.717, 1.165) is 17.1 Å². The molecule has 0 spiro atoms. The van der Waals surface area contributed by atoms with Crippen LogP contribution in [-0.4, -0.2) is 32.7 Å². The lowest BCUT2D eigenvalue weighted by molar-refractivity contribution is 0.248. The molecule has 0 saturated carbocycles. The first kappa shape index (κ1) is 18.3. The first-order valence-corrected chi connectivity index (χ1v) is 9.47. The molecule has 0 radical (unpaired) electrons. The molecule has 3 N–H and O–H groups in total. The molecule has 3 aromatic rings. The fourth-order valence-electron chi connectivity index (χ4n) is 2.45. The minimum absolute atomic E-state index is 0.0263. The van der Waals surface area contributed by atoms with Gasteiger partial charge in [0.2, 0.25) is 5.95 Å². The standard InChI is InChI=1S/C19H23N5OS/c1-13(2)17(12-25)23-19-22-16(14-5-7-20-8-6-14)10-18(24-19)21-11-15-4-3-9-26-15/h3-10,13,17,25H,11-12H2,1-2H3,(H2,21,22,23,24)/t17-/m1/s1. The number of aromatic nitrogens is 3. The van der Waals surface area contributed by atoms with Gasteiger partial charge in [0.25, 0.3) is 0 Å². The molecule has 0 aliphatic rings. The van der Waals surface area contributed by atoms with E-state index in [9.17, 15) is 5.11 Å². The van der Waals surface area contributed by atoms with Crippen molar-refractivity contribution in [3.63, 3.8) is 0 Å². The monoisotopic (exact) mass is 369 g/mol. The van der Waals surface area contributed by atoms with Crippen LogP contribution in [-0.2, 0) is 6.54 Å². The summed E-state index contributed by atoms with van der Waals surface area (Å²) in [5.74, 6) is 1.50. The van der Waals surface area contributed by atoms with Gasteiger partial charge in [0.15, 0.2) is 0 Å². The van der Waals surface area contributed by atoms with Crippen molar-refractivity contribution in [2.24, 2.45) is 5.92 Å². The quantitative estimate of drug-likeness (QED) is 0.562. The van der Waals surface area contributed by atoms with Crippen LogP contribution in [0.1, 0.15) is 18.7 Å². The highest BCUT2D eigenvalue weighted by molar-refractivity contribution is 7.09. The van der Waals surface area contributed by atoms with Gasteiger partial charge in [-0.2, -0.15) is 4.98 Å². The van der Waals surface area contributed by atoms with Crippen LogP contribution in [0, 0.1) is 5.92 Å². The molecule has 0 bridgehead atoms.